The van der Waals surface area contributed by atoms with E-state index in [4.69, 9.17) is 28.4 Å². The van der Waals surface area contributed by atoms with Crippen molar-refractivity contribution in [2.24, 2.45) is 5.92 Å². The summed E-state index contributed by atoms with van der Waals surface area (Å²) in [6.07, 6.45) is 9.40. The van der Waals surface area contributed by atoms with Gasteiger partial charge in [0.2, 0.25) is 0 Å². The number of carbonyl (C=O) groups is 2. The zero-order valence-electron chi connectivity index (χ0n) is 19.5. The average molecular weight is 455 g/mol. The van der Waals surface area contributed by atoms with Crippen molar-refractivity contribution < 1.29 is 38.0 Å². The Labute approximate surface area is 190 Å². The van der Waals surface area contributed by atoms with Crippen molar-refractivity contribution in [2.45, 2.75) is 83.2 Å². The van der Waals surface area contributed by atoms with Gasteiger partial charge in [-0.25, -0.2) is 4.79 Å². The molecule has 0 N–H and O–H groups in total. The summed E-state index contributed by atoms with van der Waals surface area (Å²) in [6, 6.07) is 0. The molecule has 2 spiro atoms. The van der Waals surface area contributed by atoms with E-state index in [9.17, 15) is 9.59 Å². The van der Waals surface area contributed by atoms with Crippen LogP contribution in [-0.4, -0.2) is 63.2 Å². The van der Waals surface area contributed by atoms with Gasteiger partial charge < -0.3 is 28.4 Å². The summed E-state index contributed by atoms with van der Waals surface area (Å²) in [5, 5.41) is 0. The van der Waals surface area contributed by atoms with Crippen LogP contribution >= 0.6 is 0 Å². The Morgan fingerprint density at radius 2 is 1.34 bits per heavy atom. The largest absolute Gasteiger partial charge is 0.466 e. The predicted octanol–water partition coefficient (Wildman–Crippen LogP) is 3.67. The first kappa shape index (κ1) is 25.1. The highest BCUT2D eigenvalue weighted by atomic mass is 16.7. The molecule has 0 unspecified atom stereocenters. The fraction of sp³-hybridized carbons (Fsp3) is 0.833. The topological polar surface area (TPSA) is 89.5 Å². The minimum absolute atomic E-state index is 0.0725. The van der Waals surface area contributed by atoms with Crippen LogP contribution in [0.1, 0.15) is 71.6 Å². The van der Waals surface area contributed by atoms with Gasteiger partial charge in [-0.1, -0.05) is 5.57 Å². The molecule has 8 nitrogen and oxygen atoms in total. The molecule has 32 heavy (non-hydrogen) atoms. The van der Waals surface area contributed by atoms with Gasteiger partial charge in [-0.15, -0.1) is 0 Å². The van der Waals surface area contributed by atoms with Crippen LogP contribution < -0.4 is 0 Å². The molecule has 4 rings (SSSR count). The fourth-order valence-corrected chi connectivity index (χ4v) is 4.80. The van der Waals surface area contributed by atoms with Gasteiger partial charge in [0.05, 0.1) is 39.6 Å². The minimum Gasteiger partial charge on any atom is -0.466 e. The van der Waals surface area contributed by atoms with Crippen LogP contribution in [0.3, 0.4) is 0 Å². The Balaban J connectivity index is 0.000000181. The van der Waals surface area contributed by atoms with E-state index in [0.29, 0.717) is 52.0 Å². The zero-order valence-corrected chi connectivity index (χ0v) is 19.5. The second-order valence-electron chi connectivity index (χ2n) is 8.72. The van der Waals surface area contributed by atoms with Crippen molar-refractivity contribution in [3.63, 3.8) is 0 Å². The molecule has 2 saturated carbocycles. The lowest BCUT2D eigenvalue weighted by molar-refractivity contribution is -0.184. The number of carbonyl (C=O) groups excluding carboxylic acids is 2. The molecule has 182 valence electrons. The Morgan fingerprint density at radius 3 is 1.84 bits per heavy atom. The van der Waals surface area contributed by atoms with Gasteiger partial charge in [0.25, 0.3) is 0 Å². The molecule has 2 aliphatic carbocycles. The molecular formula is C24H38O8. The Kier molecular flexibility index (Phi) is 9.52. The third-order valence-electron chi connectivity index (χ3n) is 6.52. The SMILES string of the molecule is CCOC(=O)C=C1CCC2(CC1)OCCO2.CCOC(=O)CC1CCC2(CC1)OCCO2. The van der Waals surface area contributed by atoms with Crippen LogP contribution in [0.2, 0.25) is 0 Å². The number of rotatable bonds is 5. The molecule has 0 amide bonds. The van der Waals surface area contributed by atoms with Crippen molar-refractivity contribution in [1.82, 2.24) is 0 Å². The number of ether oxygens (including phenoxy) is 6. The first-order chi connectivity index (χ1) is 15.5. The second kappa shape index (κ2) is 12.1. The van der Waals surface area contributed by atoms with Gasteiger partial charge in [0.15, 0.2) is 11.6 Å². The number of hydrogen-bond acceptors (Lipinski definition) is 8. The van der Waals surface area contributed by atoms with E-state index in [1.54, 1.807) is 6.08 Å². The summed E-state index contributed by atoms with van der Waals surface area (Å²) in [6.45, 7) is 7.36. The van der Waals surface area contributed by atoms with Crippen LogP contribution in [0.5, 0.6) is 0 Å². The molecule has 0 radical (unpaired) electrons. The average Bonchev–Trinajstić information content (AvgIpc) is 3.43. The Hall–Kier alpha value is -1.48. The Bertz CT molecular complexity index is 624. The second-order valence-corrected chi connectivity index (χ2v) is 8.72. The molecule has 2 saturated heterocycles. The maximum absolute atomic E-state index is 11.3. The lowest BCUT2D eigenvalue weighted by Crippen LogP contribution is -2.35. The van der Waals surface area contributed by atoms with Crippen LogP contribution in [-0.2, 0) is 38.0 Å². The van der Waals surface area contributed by atoms with Crippen LogP contribution in [0.4, 0.5) is 0 Å². The van der Waals surface area contributed by atoms with E-state index in [0.717, 1.165) is 56.9 Å². The first-order valence-electron chi connectivity index (χ1n) is 12.1. The summed E-state index contributed by atoms with van der Waals surface area (Å²) in [4.78, 5) is 22.6. The summed E-state index contributed by atoms with van der Waals surface area (Å²) in [5.74, 6) is -0.534. The monoisotopic (exact) mass is 454 g/mol. The summed E-state index contributed by atoms with van der Waals surface area (Å²) in [5.41, 5.74) is 1.14. The molecule has 8 heteroatoms. The van der Waals surface area contributed by atoms with Crippen LogP contribution in [0.25, 0.3) is 0 Å². The molecule has 0 aromatic carbocycles. The van der Waals surface area contributed by atoms with Crippen molar-refractivity contribution >= 4 is 11.9 Å². The predicted molar refractivity (Wildman–Crippen MR) is 116 cm³/mol. The number of esters is 2. The lowest BCUT2D eigenvalue weighted by atomic mass is 9.83. The minimum atomic E-state index is -0.355. The molecule has 0 aromatic rings. The third-order valence-corrected chi connectivity index (χ3v) is 6.52. The van der Waals surface area contributed by atoms with E-state index >= 15 is 0 Å². The van der Waals surface area contributed by atoms with E-state index in [-0.39, 0.29) is 23.5 Å². The van der Waals surface area contributed by atoms with Crippen LogP contribution in [0.15, 0.2) is 11.6 Å². The highest BCUT2D eigenvalue weighted by Gasteiger charge is 2.41. The van der Waals surface area contributed by atoms with E-state index in [2.05, 4.69) is 0 Å². The highest BCUT2D eigenvalue weighted by molar-refractivity contribution is 5.82. The number of hydrogen-bond donors (Lipinski definition) is 0. The van der Waals surface area contributed by atoms with Gasteiger partial charge in [-0.3, -0.25) is 4.79 Å². The maximum Gasteiger partial charge on any atom is 0.330 e. The van der Waals surface area contributed by atoms with Crippen molar-refractivity contribution in [3.05, 3.63) is 11.6 Å². The van der Waals surface area contributed by atoms with E-state index in [1.807, 2.05) is 13.8 Å². The normalized spacial score (nSPS) is 25.8. The number of allylic oxidation sites excluding steroid dienone is 1. The first-order valence-corrected chi connectivity index (χ1v) is 12.1. The van der Waals surface area contributed by atoms with Crippen molar-refractivity contribution in [3.8, 4) is 0 Å². The van der Waals surface area contributed by atoms with E-state index < -0.39 is 0 Å². The van der Waals surface area contributed by atoms with Gasteiger partial charge >= 0.3 is 11.9 Å². The highest BCUT2D eigenvalue weighted by Crippen LogP contribution is 2.39. The van der Waals surface area contributed by atoms with Gasteiger partial charge in [-0.2, -0.15) is 0 Å². The quantitative estimate of drug-likeness (QED) is 0.459. The van der Waals surface area contributed by atoms with Gasteiger partial charge in [0.1, 0.15) is 0 Å². The summed E-state index contributed by atoms with van der Waals surface area (Å²) < 4.78 is 32.4. The summed E-state index contributed by atoms with van der Waals surface area (Å²) >= 11 is 0. The standard InChI is InChI=1S/C12H20O4.C12H18O4/c2*1-2-14-11(13)9-10-3-5-12(6-4-10)15-7-8-16-12/h10H,2-9H2,1H3;9H,2-8H2,1H3. The smallest absolute Gasteiger partial charge is 0.330 e. The van der Waals surface area contributed by atoms with Gasteiger partial charge in [0, 0.05) is 38.2 Å². The van der Waals surface area contributed by atoms with Crippen molar-refractivity contribution in [2.75, 3.05) is 39.6 Å². The van der Waals surface area contributed by atoms with Crippen LogP contribution in [0, 0.1) is 5.92 Å². The zero-order chi connectivity index (χ0) is 22.9. The Morgan fingerprint density at radius 1 is 0.844 bits per heavy atom. The molecule has 0 atom stereocenters. The van der Waals surface area contributed by atoms with Gasteiger partial charge in [-0.05, 0) is 45.4 Å². The van der Waals surface area contributed by atoms with Crippen molar-refractivity contribution in [1.29, 1.82) is 0 Å². The molecule has 2 aliphatic heterocycles. The third kappa shape index (κ3) is 7.27. The lowest BCUT2D eigenvalue weighted by Gasteiger charge is -2.34. The molecule has 0 bridgehead atoms. The molecule has 2 heterocycles. The molecule has 0 aromatic heterocycles. The molecule has 4 fully saturated rings. The summed E-state index contributed by atoms with van der Waals surface area (Å²) in [7, 11) is 0. The van der Waals surface area contributed by atoms with E-state index in [1.165, 1.54) is 0 Å². The maximum atomic E-state index is 11.3. The molecule has 4 aliphatic rings. The molecular weight excluding hydrogens is 416 g/mol. The fourth-order valence-electron chi connectivity index (χ4n) is 4.80.